The Morgan fingerprint density at radius 1 is 1.03 bits per heavy atom. The average Bonchev–Trinajstić information content (AvgIpc) is 2.75. The van der Waals surface area contributed by atoms with Gasteiger partial charge in [-0.1, -0.05) is 75.4 Å². The molecule has 5 nitrogen and oxygen atoms in total. The summed E-state index contributed by atoms with van der Waals surface area (Å²) in [7, 11) is -0.177. The van der Waals surface area contributed by atoms with E-state index in [-0.39, 0.29) is 23.5 Å². The first-order chi connectivity index (χ1) is 15.1. The third kappa shape index (κ3) is 8.51. The monoisotopic (exact) mass is 457 g/mol. The molecular weight excluding hydrogens is 418 g/mol. The molecule has 2 aromatic carbocycles. The summed E-state index contributed by atoms with van der Waals surface area (Å²) < 4.78 is 17.2. The quantitative estimate of drug-likeness (QED) is 0.267. The molecule has 2 aromatic rings. The van der Waals surface area contributed by atoms with Gasteiger partial charge in [0.05, 0.1) is 25.7 Å². The summed E-state index contributed by atoms with van der Waals surface area (Å²) in [6.07, 6.45) is 0.245. The van der Waals surface area contributed by atoms with Gasteiger partial charge in [-0.2, -0.15) is 0 Å². The van der Waals surface area contributed by atoms with Crippen molar-refractivity contribution in [2.45, 2.75) is 58.0 Å². The van der Waals surface area contributed by atoms with Crippen molar-refractivity contribution in [2.24, 2.45) is 0 Å². The predicted octanol–water partition coefficient (Wildman–Crippen LogP) is 5.27. The molecule has 0 aliphatic rings. The Hall–Kier alpha value is -1.99. The van der Waals surface area contributed by atoms with Crippen LogP contribution >= 0.6 is 0 Å². The zero-order valence-electron chi connectivity index (χ0n) is 20.4. The minimum Gasteiger partial charge on any atom is -0.461 e. The number of carbonyl (C=O) groups is 1. The summed E-state index contributed by atoms with van der Waals surface area (Å²) in [5.74, 6) is -0.229. The van der Waals surface area contributed by atoms with Gasteiger partial charge in [0.1, 0.15) is 6.61 Å². The van der Waals surface area contributed by atoms with Crippen LogP contribution in [0.5, 0.6) is 0 Å². The Morgan fingerprint density at radius 2 is 1.72 bits per heavy atom. The van der Waals surface area contributed by atoms with E-state index >= 15 is 0 Å². The van der Waals surface area contributed by atoms with Crippen LogP contribution < -0.4 is 5.32 Å². The van der Waals surface area contributed by atoms with Crippen LogP contribution in [0.3, 0.4) is 0 Å². The van der Waals surface area contributed by atoms with Crippen LogP contribution in [0.15, 0.2) is 54.6 Å². The SMILES string of the molecule is COCCNC(CO[Si](C)(C)C(C)(C)C)c1cccc(CC(=O)OCc2ccccc2)c1. The van der Waals surface area contributed by atoms with E-state index in [9.17, 15) is 4.79 Å². The molecule has 0 saturated carbocycles. The highest BCUT2D eigenvalue weighted by Gasteiger charge is 2.37. The Morgan fingerprint density at radius 3 is 2.38 bits per heavy atom. The van der Waals surface area contributed by atoms with Gasteiger partial charge in [0.25, 0.3) is 0 Å². The van der Waals surface area contributed by atoms with E-state index in [1.54, 1.807) is 7.11 Å². The Labute approximate surface area is 194 Å². The second-order valence-electron chi connectivity index (χ2n) is 9.64. The van der Waals surface area contributed by atoms with Gasteiger partial charge in [0.15, 0.2) is 8.32 Å². The third-order valence-corrected chi connectivity index (χ3v) is 10.6. The number of esters is 1. The van der Waals surface area contributed by atoms with E-state index in [0.717, 1.165) is 23.2 Å². The fraction of sp³-hybridized carbons (Fsp3) is 0.500. The largest absolute Gasteiger partial charge is 0.461 e. The molecule has 6 heteroatoms. The van der Waals surface area contributed by atoms with Crippen molar-refractivity contribution < 1.29 is 18.7 Å². The highest BCUT2D eigenvalue weighted by molar-refractivity contribution is 6.74. The number of rotatable bonds is 12. The Balaban J connectivity index is 2.04. The molecule has 1 unspecified atom stereocenters. The van der Waals surface area contributed by atoms with Crippen molar-refractivity contribution in [1.29, 1.82) is 0 Å². The topological polar surface area (TPSA) is 56.8 Å². The van der Waals surface area contributed by atoms with Crippen LogP contribution in [-0.4, -0.2) is 41.2 Å². The molecule has 1 atom stereocenters. The minimum atomic E-state index is -1.88. The van der Waals surface area contributed by atoms with Gasteiger partial charge in [0, 0.05) is 13.7 Å². The molecule has 0 saturated heterocycles. The lowest BCUT2D eigenvalue weighted by Gasteiger charge is -2.37. The summed E-state index contributed by atoms with van der Waals surface area (Å²) in [6, 6.07) is 17.9. The fourth-order valence-corrected chi connectivity index (χ4v) is 4.01. The van der Waals surface area contributed by atoms with E-state index in [4.69, 9.17) is 13.9 Å². The molecule has 0 amide bonds. The molecule has 1 N–H and O–H groups in total. The number of hydrogen-bond donors (Lipinski definition) is 1. The van der Waals surface area contributed by atoms with Crippen molar-refractivity contribution in [3.8, 4) is 0 Å². The van der Waals surface area contributed by atoms with Crippen LogP contribution in [0.4, 0.5) is 0 Å². The first kappa shape index (κ1) is 26.3. The first-order valence-corrected chi connectivity index (χ1v) is 14.2. The van der Waals surface area contributed by atoms with Crippen molar-refractivity contribution in [2.75, 3.05) is 26.9 Å². The minimum absolute atomic E-state index is 0.0274. The smallest absolute Gasteiger partial charge is 0.310 e. The second kappa shape index (κ2) is 12.3. The molecule has 2 rings (SSSR count). The molecule has 0 radical (unpaired) electrons. The summed E-state index contributed by atoms with van der Waals surface area (Å²) in [5, 5.41) is 3.69. The van der Waals surface area contributed by atoms with Crippen LogP contribution in [0, 0.1) is 0 Å². The Kier molecular flexibility index (Phi) is 10.1. The molecule has 0 aliphatic heterocycles. The van der Waals surface area contributed by atoms with Crippen LogP contribution in [0.25, 0.3) is 0 Å². The van der Waals surface area contributed by atoms with E-state index in [1.807, 2.05) is 42.5 Å². The number of ether oxygens (including phenoxy) is 2. The number of methoxy groups -OCH3 is 1. The number of carbonyl (C=O) groups excluding carboxylic acids is 1. The van der Waals surface area contributed by atoms with Crippen molar-refractivity contribution >= 4 is 14.3 Å². The highest BCUT2D eigenvalue weighted by atomic mass is 28.4. The van der Waals surface area contributed by atoms with Crippen molar-refractivity contribution in [3.05, 3.63) is 71.3 Å². The van der Waals surface area contributed by atoms with Gasteiger partial charge in [-0.15, -0.1) is 0 Å². The third-order valence-electron chi connectivity index (χ3n) is 6.06. The summed E-state index contributed by atoms with van der Waals surface area (Å²) in [5.41, 5.74) is 3.03. The molecule has 176 valence electrons. The van der Waals surface area contributed by atoms with Gasteiger partial charge >= 0.3 is 5.97 Å². The molecule has 32 heavy (non-hydrogen) atoms. The lowest BCUT2D eigenvalue weighted by Crippen LogP contribution is -2.43. The maximum Gasteiger partial charge on any atom is 0.310 e. The standard InChI is InChI=1S/C26H39NO4Si/c1-26(2,3)32(5,6)31-20-24(27-15-16-29-4)23-14-10-13-22(17-23)18-25(28)30-19-21-11-8-7-9-12-21/h7-14,17,24,27H,15-16,18-20H2,1-6H3. The van der Waals surface area contributed by atoms with Crippen LogP contribution in [0.1, 0.15) is 43.5 Å². The molecule has 0 heterocycles. The van der Waals surface area contributed by atoms with E-state index in [0.29, 0.717) is 19.8 Å². The molecule has 0 bridgehead atoms. The zero-order valence-corrected chi connectivity index (χ0v) is 21.4. The zero-order chi connectivity index (χ0) is 23.6. The number of nitrogens with one attached hydrogen (secondary N) is 1. The van der Waals surface area contributed by atoms with Crippen LogP contribution in [-0.2, 0) is 31.7 Å². The lowest BCUT2D eigenvalue weighted by molar-refractivity contribution is -0.144. The average molecular weight is 458 g/mol. The number of hydrogen-bond acceptors (Lipinski definition) is 5. The van der Waals surface area contributed by atoms with Crippen LogP contribution in [0.2, 0.25) is 18.1 Å². The first-order valence-electron chi connectivity index (χ1n) is 11.3. The van der Waals surface area contributed by atoms with Crippen molar-refractivity contribution in [1.82, 2.24) is 5.32 Å². The molecule has 0 spiro atoms. The molecule has 0 aliphatic carbocycles. The van der Waals surface area contributed by atoms with E-state index in [2.05, 4.69) is 51.3 Å². The fourth-order valence-electron chi connectivity index (χ4n) is 2.99. The lowest BCUT2D eigenvalue weighted by atomic mass is 10.0. The molecule has 0 fully saturated rings. The van der Waals surface area contributed by atoms with Gasteiger partial charge in [-0.05, 0) is 34.8 Å². The molecule has 0 aromatic heterocycles. The summed E-state index contributed by atoms with van der Waals surface area (Å²) in [4.78, 5) is 12.4. The van der Waals surface area contributed by atoms with Gasteiger partial charge < -0.3 is 19.2 Å². The second-order valence-corrected chi connectivity index (χ2v) is 14.4. The van der Waals surface area contributed by atoms with Gasteiger partial charge in [-0.25, -0.2) is 0 Å². The normalized spacial score (nSPS) is 13.1. The predicted molar refractivity (Wildman–Crippen MR) is 132 cm³/mol. The summed E-state index contributed by atoms with van der Waals surface area (Å²) in [6.45, 7) is 13.5. The van der Waals surface area contributed by atoms with E-state index in [1.165, 1.54) is 0 Å². The van der Waals surface area contributed by atoms with Gasteiger partial charge in [0.2, 0.25) is 0 Å². The Bertz CT molecular complexity index is 833. The van der Waals surface area contributed by atoms with Gasteiger partial charge in [-0.3, -0.25) is 4.79 Å². The maximum atomic E-state index is 12.4. The number of benzene rings is 2. The van der Waals surface area contributed by atoms with Crippen molar-refractivity contribution in [3.63, 3.8) is 0 Å². The summed E-state index contributed by atoms with van der Waals surface area (Å²) >= 11 is 0. The van der Waals surface area contributed by atoms with E-state index < -0.39 is 8.32 Å². The molecular formula is C26H39NO4Si. The highest BCUT2D eigenvalue weighted by Crippen LogP contribution is 2.37. The maximum absolute atomic E-state index is 12.4.